The average molecular weight is 165 g/mol. The molecule has 12 heavy (non-hydrogen) atoms. The molecule has 1 aliphatic heterocycles. The SMILES string of the molecule is CC(C)N1CCCn2ccnc21. The van der Waals surface area contributed by atoms with E-state index in [1.807, 2.05) is 6.20 Å². The lowest BCUT2D eigenvalue weighted by Gasteiger charge is -2.32. The first kappa shape index (κ1) is 7.65. The number of hydrogen-bond donors (Lipinski definition) is 0. The minimum atomic E-state index is 0.562. The summed E-state index contributed by atoms with van der Waals surface area (Å²) < 4.78 is 2.23. The number of nitrogens with zero attached hydrogens (tertiary/aromatic N) is 3. The summed E-state index contributed by atoms with van der Waals surface area (Å²) in [4.78, 5) is 6.70. The first-order chi connectivity index (χ1) is 5.79. The van der Waals surface area contributed by atoms with Crippen molar-refractivity contribution in [3.8, 4) is 0 Å². The number of fused-ring (bicyclic) bond motifs is 1. The third kappa shape index (κ3) is 1.09. The van der Waals surface area contributed by atoms with Crippen LogP contribution in [0.3, 0.4) is 0 Å². The van der Waals surface area contributed by atoms with Gasteiger partial charge in [0.05, 0.1) is 0 Å². The fraction of sp³-hybridized carbons (Fsp3) is 0.667. The van der Waals surface area contributed by atoms with E-state index >= 15 is 0 Å². The molecule has 0 fully saturated rings. The fourth-order valence-electron chi connectivity index (χ4n) is 1.74. The predicted molar refractivity (Wildman–Crippen MR) is 49.3 cm³/mol. The molecule has 2 rings (SSSR count). The van der Waals surface area contributed by atoms with E-state index in [9.17, 15) is 0 Å². The van der Waals surface area contributed by atoms with Gasteiger partial charge in [-0.2, -0.15) is 0 Å². The zero-order chi connectivity index (χ0) is 8.55. The van der Waals surface area contributed by atoms with Crippen molar-refractivity contribution in [2.75, 3.05) is 11.4 Å². The number of aromatic nitrogens is 2. The molecule has 1 aliphatic rings. The van der Waals surface area contributed by atoms with Crippen molar-refractivity contribution >= 4 is 5.95 Å². The summed E-state index contributed by atoms with van der Waals surface area (Å²) in [5, 5.41) is 0. The molecule has 3 nitrogen and oxygen atoms in total. The highest BCUT2D eigenvalue weighted by Gasteiger charge is 2.19. The van der Waals surface area contributed by atoms with Gasteiger partial charge in [-0.1, -0.05) is 0 Å². The third-order valence-corrected chi connectivity index (χ3v) is 2.37. The van der Waals surface area contributed by atoms with Crippen LogP contribution in [0.4, 0.5) is 5.95 Å². The summed E-state index contributed by atoms with van der Waals surface area (Å²) in [5.41, 5.74) is 0. The first-order valence-electron chi connectivity index (χ1n) is 4.57. The molecule has 2 heterocycles. The van der Waals surface area contributed by atoms with Crippen LogP contribution >= 0.6 is 0 Å². The van der Waals surface area contributed by atoms with Crippen LogP contribution in [0.15, 0.2) is 12.4 Å². The van der Waals surface area contributed by atoms with E-state index in [0.29, 0.717) is 6.04 Å². The topological polar surface area (TPSA) is 21.1 Å². The van der Waals surface area contributed by atoms with Gasteiger partial charge in [-0.15, -0.1) is 0 Å². The van der Waals surface area contributed by atoms with E-state index in [1.54, 1.807) is 0 Å². The Bertz CT molecular complexity index is 264. The number of aryl methyl sites for hydroxylation is 1. The zero-order valence-electron chi connectivity index (χ0n) is 7.70. The van der Waals surface area contributed by atoms with Crippen molar-refractivity contribution in [3.05, 3.63) is 12.4 Å². The maximum atomic E-state index is 4.35. The predicted octanol–water partition coefficient (Wildman–Crippen LogP) is 1.50. The second-order valence-corrected chi connectivity index (χ2v) is 3.56. The van der Waals surface area contributed by atoms with Crippen molar-refractivity contribution in [3.63, 3.8) is 0 Å². The van der Waals surface area contributed by atoms with Gasteiger partial charge in [-0.25, -0.2) is 4.98 Å². The van der Waals surface area contributed by atoms with Crippen molar-refractivity contribution in [1.29, 1.82) is 0 Å². The Morgan fingerprint density at radius 3 is 3.00 bits per heavy atom. The Labute approximate surface area is 73.0 Å². The van der Waals surface area contributed by atoms with E-state index in [0.717, 1.165) is 19.0 Å². The molecule has 0 atom stereocenters. The molecule has 0 radical (unpaired) electrons. The molecular weight excluding hydrogens is 150 g/mol. The number of hydrogen-bond acceptors (Lipinski definition) is 2. The number of rotatable bonds is 1. The van der Waals surface area contributed by atoms with Crippen molar-refractivity contribution < 1.29 is 0 Å². The zero-order valence-corrected chi connectivity index (χ0v) is 7.70. The van der Waals surface area contributed by atoms with Gasteiger partial charge < -0.3 is 9.47 Å². The van der Waals surface area contributed by atoms with Crippen LogP contribution in [0.5, 0.6) is 0 Å². The van der Waals surface area contributed by atoms with Crippen LogP contribution in [0.1, 0.15) is 20.3 Å². The highest BCUT2D eigenvalue weighted by Crippen LogP contribution is 2.19. The molecule has 3 heteroatoms. The number of anilines is 1. The third-order valence-electron chi connectivity index (χ3n) is 2.37. The van der Waals surface area contributed by atoms with Gasteiger partial charge in [0.25, 0.3) is 0 Å². The average Bonchev–Trinajstić information content (AvgIpc) is 2.49. The highest BCUT2D eigenvalue weighted by molar-refractivity contribution is 5.33. The van der Waals surface area contributed by atoms with Crippen LogP contribution in [0.2, 0.25) is 0 Å². The van der Waals surface area contributed by atoms with Crippen molar-refractivity contribution in [2.45, 2.75) is 32.9 Å². The monoisotopic (exact) mass is 165 g/mol. The summed E-state index contributed by atoms with van der Waals surface area (Å²) in [5.74, 6) is 1.14. The summed E-state index contributed by atoms with van der Waals surface area (Å²) in [6, 6.07) is 0.562. The molecule has 0 aromatic carbocycles. The Kier molecular flexibility index (Phi) is 1.79. The van der Waals surface area contributed by atoms with Crippen LogP contribution in [-0.2, 0) is 6.54 Å². The van der Waals surface area contributed by atoms with E-state index in [-0.39, 0.29) is 0 Å². The first-order valence-corrected chi connectivity index (χ1v) is 4.57. The van der Waals surface area contributed by atoms with Gasteiger partial charge in [0.2, 0.25) is 5.95 Å². The molecule has 0 aliphatic carbocycles. The van der Waals surface area contributed by atoms with Crippen molar-refractivity contribution in [1.82, 2.24) is 9.55 Å². The summed E-state index contributed by atoms with van der Waals surface area (Å²) >= 11 is 0. The normalized spacial score (nSPS) is 16.8. The highest BCUT2D eigenvalue weighted by atomic mass is 15.3. The maximum Gasteiger partial charge on any atom is 0.205 e. The molecule has 0 saturated carbocycles. The second kappa shape index (κ2) is 2.81. The van der Waals surface area contributed by atoms with Gasteiger partial charge in [-0.3, -0.25) is 0 Å². The quantitative estimate of drug-likeness (QED) is 0.629. The van der Waals surface area contributed by atoms with E-state index in [1.165, 1.54) is 6.42 Å². The Morgan fingerprint density at radius 1 is 1.42 bits per heavy atom. The molecular formula is C9H15N3. The molecule has 0 bridgehead atoms. The molecule has 66 valence electrons. The molecule has 0 saturated heterocycles. The number of imidazole rings is 1. The van der Waals surface area contributed by atoms with Gasteiger partial charge in [-0.05, 0) is 20.3 Å². The van der Waals surface area contributed by atoms with Gasteiger partial charge in [0.1, 0.15) is 0 Å². The van der Waals surface area contributed by atoms with E-state index in [4.69, 9.17) is 0 Å². The minimum absolute atomic E-state index is 0.562. The maximum absolute atomic E-state index is 4.35. The fourth-order valence-corrected chi connectivity index (χ4v) is 1.74. The largest absolute Gasteiger partial charge is 0.340 e. The molecule has 0 amide bonds. The smallest absolute Gasteiger partial charge is 0.205 e. The summed E-state index contributed by atoms with van der Waals surface area (Å²) in [6.45, 7) is 6.70. The molecule has 1 aromatic rings. The van der Waals surface area contributed by atoms with E-state index in [2.05, 4.69) is 34.5 Å². The Balaban J connectivity index is 2.31. The lowest BCUT2D eigenvalue weighted by molar-refractivity contribution is 0.525. The summed E-state index contributed by atoms with van der Waals surface area (Å²) in [6.07, 6.45) is 5.18. The molecule has 1 aromatic heterocycles. The van der Waals surface area contributed by atoms with Crippen molar-refractivity contribution in [2.24, 2.45) is 0 Å². The van der Waals surface area contributed by atoms with E-state index < -0.39 is 0 Å². The van der Waals surface area contributed by atoms with Crippen LogP contribution in [0.25, 0.3) is 0 Å². The Hall–Kier alpha value is -0.990. The standard InChI is InChI=1S/C9H15N3/c1-8(2)12-6-3-5-11-7-4-10-9(11)12/h4,7-8H,3,5-6H2,1-2H3. The van der Waals surface area contributed by atoms with Crippen LogP contribution in [0, 0.1) is 0 Å². The molecule has 0 N–H and O–H groups in total. The minimum Gasteiger partial charge on any atom is -0.340 e. The second-order valence-electron chi connectivity index (χ2n) is 3.56. The van der Waals surface area contributed by atoms with Gasteiger partial charge >= 0.3 is 0 Å². The van der Waals surface area contributed by atoms with Gasteiger partial charge in [0.15, 0.2) is 0 Å². The van der Waals surface area contributed by atoms with Crippen LogP contribution < -0.4 is 4.90 Å². The summed E-state index contributed by atoms with van der Waals surface area (Å²) in [7, 11) is 0. The molecule has 0 unspecified atom stereocenters. The molecule has 0 spiro atoms. The lowest BCUT2D eigenvalue weighted by Crippen LogP contribution is -2.37. The van der Waals surface area contributed by atoms with Gasteiger partial charge in [0, 0.05) is 31.5 Å². The Morgan fingerprint density at radius 2 is 2.25 bits per heavy atom. The lowest BCUT2D eigenvalue weighted by atomic mass is 10.2. The van der Waals surface area contributed by atoms with Crippen LogP contribution in [-0.4, -0.2) is 22.1 Å².